The zero-order chi connectivity index (χ0) is 17.8. The van der Waals surface area contributed by atoms with E-state index in [-0.39, 0.29) is 5.25 Å². The van der Waals surface area contributed by atoms with Gasteiger partial charge in [0.25, 0.3) is 11.1 Å². The fraction of sp³-hybridized carbons (Fsp3) is 0.211. The van der Waals surface area contributed by atoms with Crippen molar-refractivity contribution in [3.63, 3.8) is 0 Å². The third kappa shape index (κ3) is 3.65. The summed E-state index contributed by atoms with van der Waals surface area (Å²) in [6.07, 6.45) is 0.150. The molecule has 1 aromatic heterocycles. The molecule has 0 bridgehead atoms. The van der Waals surface area contributed by atoms with Gasteiger partial charge >= 0.3 is 0 Å². The Balaban J connectivity index is 1.42. The molecule has 130 valence electrons. The van der Waals surface area contributed by atoms with Gasteiger partial charge in [-0.2, -0.15) is 5.26 Å². The van der Waals surface area contributed by atoms with Crippen LogP contribution in [-0.4, -0.2) is 22.1 Å². The van der Waals surface area contributed by atoms with Gasteiger partial charge in [0.1, 0.15) is 11.9 Å². The summed E-state index contributed by atoms with van der Waals surface area (Å²) in [5.41, 5.74) is 1.09. The second kappa shape index (κ2) is 7.50. The number of rotatable bonds is 5. The van der Waals surface area contributed by atoms with Gasteiger partial charge in [-0.15, -0.1) is 10.2 Å². The molecule has 0 spiro atoms. The number of aromatic nitrogens is 2. The lowest BCUT2D eigenvalue weighted by Gasteiger charge is -2.23. The quantitative estimate of drug-likeness (QED) is 0.636. The minimum atomic E-state index is -0.457. The van der Waals surface area contributed by atoms with Gasteiger partial charge < -0.3 is 13.9 Å². The van der Waals surface area contributed by atoms with Crippen LogP contribution in [-0.2, 0) is 6.42 Å². The Kier molecular flexibility index (Phi) is 4.75. The van der Waals surface area contributed by atoms with E-state index in [1.54, 1.807) is 0 Å². The van der Waals surface area contributed by atoms with Crippen LogP contribution in [0.25, 0.3) is 0 Å². The number of nitriles is 1. The first-order valence-corrected chi connectivity index (χ1v) is 9.02. The van der Waals surface area contributed by atoms with Crippen LogP contribution in [0.1, 0.15) is 17.6 Å². The third-order valence-corrected chi connectivity index (χ3v) is 4.78. The summed E-state index contributed by atoms with van der Waals surface area (Å²) in [5, 5.41) is 17.5. The highest BCUT2D eigenvalue weighted by Gasteiger charge is 2.28. The van der Waals surface area contributed by atoms with Crippen molar-refractivity contribution < 1.29 is 13.9 Å². The van der Waals surface area contributed by atoms with Crippen LogP contribution in [0.2, 0.25) is 0 Å². The van der Waals surface area contributed by atoms with Gasteiger partial charge in [-0.3, -0.25) is 0 Å². The second-order valence-corrected chi connectivity index (χ2v) is 6.85. The molecule has 0 aliphatic carbocycles. The Bertz CT molecular complexity index is 923. The molecule has 2 atom stereocenters. The van der Waals surface area contributed by atoms with Crippen molar-refractivity contribution in [3.8, 4) is 17.6 Å². The van der Waals surface area contributed by atoms with Crippen LogP contribution < -0.4 is 9.47 Å². The lowest BCUT2D eigenvalue weighted by molar-refractivity contribution is 0.0686. The van der Waals surface area contributed by atoms with Crippen LogP contribution in [0.15, 0.2) is 64.2 Å². The normalized spacial score (nSPS) is 16.7. The monoisotopic (exact) mass is 365 g/mol. The first-order chi connectivity index (χ1) is 12.8. The number of para-hydroxylation sites is 2. The molecule has 0 N–H and O–H groups in total. The molecule has 7 heteroatoms. The number of fused-ring (bicyclic) bond motifs is 1. The van der Waals surface area contributed by atoms with Crippen LogP contribution in [0.4, 0.5) is 0 Å². The standard InChI is InChI=1S/C19H15N3O3S/c20-11-14(10-13-6-2-1-3-7-13)26-19-22-21-18(25-19)17-12-23-15-8-4-5-9-16(15)24-17/h1-9,14,17H,10,12H2/t14-,17-/m0/s1. The smallest absolute Gasteiger partial charge is 0.278 e. The average molecular weight is 365 g/mol. The van der Waals surface area contributed by atoms with Crippen LogP contribution in [0.3, 0.4) is 0 Å². The average Bonchev–Trinajstić information content (AvgIpc) is 3.16. The summed E-state index contributed by atoms with van der Waals surface area (Å²) < 4.78 is 17.2. The Morgan fingerprint density at radius 2 is 1.85 bits per heavy atom. The summed E-state index contributed by atoms with van der Waals surface area (Å²) in [4.78, 5) is 0. The third-order valence-electron chi connectivity index (χ3n) is 3.86. The highest BCUT2D eigenvalue weighted by atomic mass is 32.2. The molecular formula is C19H15N3O3S. The summed E-state index contributed by atoms with van der Waals surface area (Å²) >= 11 is 1.26. The molecule has 2 aromatic carbocycles. The second-order valence-electron chi connectivity index (χ2n) is 5.70. The van der Waals surface area contributed by atoms with Gasteiger partial charge in [0.05, 0.1) is 6.07 Å². The molecule has 1 aliphatic heterocycles. The fourth-order valence-corrected chi connectivity index (χ4v) is 3.40. The minimum Gasteiger partial charge on any atom is -0.485 e. The van der Waals surface area contributed by atoms with E-state index in [0.717, 1.165) is 5.56 Å². The van der Waals surface area contributed by atoms with Crippen molar-refractivity contribution in [2.75, 3.05) is 6.61 Å². The number of hydrogen-bond acceptors (Lipinski definition) is 7. The number of thioether (sulfide) groups is 1. The van der Waals surface area contributed by atoms with Gasteiger partial charge in [0.15, 0.2) is 11.5 Å². The van der Waals surface area contributed by atoms with Crippen LogP contribution in [0.5, 0.6) is 11.5 Å². The van der Waals surface area contributed by atoms with E-state index in [0.29, 0.717) is 35.6 Å². The van der Waals surface area contributed by atoms with Crippen LogP contribution in [0, 0.1) is 11.3 Å². The fourth-order valence-electron chi connectivity index (χ4n) is 2.60. The predicted molar refractivity (Wildman–Crippen MR) is 95.0 cm³/mol. The SMILES string of the molecule is N#C[C@H](Cc1ccccc1)Sc1nnc([C@@H]2COc3ccccc3O2)o1. The van der Waals surface area contributed by atoms with Crippen molar-refractivity contribution in [1.82, 2.24) is 10.2 Å². The lowest BCUT2D eigenvalue weighted by Crippen LogP contribution is -2.21. The molecule has 0 saturated carbocycles. The van der Waals surface area contributed by atoms with Crippen molar-refractivity contribution in [2.24, 2.45) is 0 Å². The minimum absolute atomic E-state index is 0.301. The van der Waals surface area contributed by atoms with Crippen molar-refractivity contribution in [2.45, 2.75) is 23.0 Å². The largest absolute Gasteiger partial charge is 0.485 e. The van der Waals surface area contributed by atoms with E-state index in [1.165, 1.54) is 11.8 Å². The van der Waals surface area contributed by atoms with E-state index >= 15 is 0 Å². The van der Waals surface area contributed by atoms with E-state index < -0.39 is 6.10 Å². The maximum atomic E-state index is 9.41. The Morgan fingerprint density at radius 3 is 2.65 bits per heavy atom. The van der Waals surface area contributed by atoms with Crippen molar-refractivity contribution in [1.29, 1.82) is 5.26 Å². The lowest BCUT2D eigenvalue weighted by atomic mass is 10.1. The summed E-state index contributed by atoms with van der Waals surface area (Å²) in [6.45, 7) is 0.301. The van der Waals surface area contributed by atoms with Crippen molar-refractivity contribution in [3.05, 3.63) is 66.1 Å². The molecule has 0 saturated heterocycles. The van der Waals surface area contributed by atoms with Crippen LogP contribution >= 0.6 is 11.8 Å². The molecule has 0 amide bonds. The van der Waals surface area contributed by atoms with E-state index in [9.17, 15) is 5.26 Å². The van der Waals surface area contributed by atoms with Gasteiger partial charge in [-0.1, -0.05) is 42.5 Å². The number of nitrogens with zero attached hydrogens (tertiary/aromatic N) is 3. The summed E-state index contributed by atoms with van der Waals surface area (Å²) in [5.74, 6) is 1.69. The molecular weight excluding hydrogens is 350 g/mol. The molecule has 6 nitrogen and oxygen atoms in total. The maximum Gasteiger partial charge on any atom is 0.278 e. The summed E-state index contributed by atoms with van der Waals surface area (Å²) in [7, 11) is 0. The van der Waals surface area contributed by atoms with Gasteiger partial charge in [-0.05, 0) is 35.9 Å². The molecule has 0 radical (unpaired) electrons. The Morgan fingerprint density at radius 1 is 1.08 bits per heavy atom. The first-order valence-electron chi connectivity index (χ1n) is 8.14. The van der Waals surface area contributed by atoms with Gasteiger partial charge in [0, 0.05) is 0 Å². The Hall–Kier alpha value is -2.98. The number of hydrogen-bond donors (Lipinski definition) is 0. The van der Waals surface area contributed by atoms with Crippen molar-refractivity contribution >= 4 is 11.8 Å². The van der Waals surface area contributed by atoms with E-state index in [1.807, 2.05) is 54.6 Å². The molecule has 1 aliphatic rings. The topological polar surface area (TPSA) is 81.2 Å². The zero-order valence-electron chi connectivity index (χ0n) is 13.7. The molecule has 26 heavy (non-hydrogen) atoms. The van der Waals surface area contributed by atoms with Gasteiger partial charge in [0.2, 0.25) is 6.10 Å². The molecule has 0 unspecified atom stereocenters. The predicted octanol–water partition coefficient (Wildman–Crippen LogP) is 3.81. The van der Waals surface area contributed by atoms with E-state index in [2.05, 4.69) is 16.3 Å². The highest BCUT2D eigenvalue weighted by molar-refractivity contribution is 7.99. The highest BCUT2D eigenvalue weighted by Crippen LogP contribution is 2.36. The Labute approximate surface area is 154 Å². The number of ether oxygens (including phenoxy) is 2. The summed E-state index contributed by atoms with van der Waals surface area (Å²) in [6, 6.07) is 19.6. The first kappa shape index (κ1) is 16.5. The molecule has 3 aromatic rings. The molecule has 4 rings (SSSR count). The molecule has 0 fully saturated rings. The van der Waals surface area contributed by atoms with Gasteiger partial charge in [-0.25, -0.2) is 0 Å². The maximum absolute atomic E-state index is 9.41. The zero-order valence-corrected chi connectivity index (χ0v) is 14.6. The van der Waals surface area contributed by atoms with E-state index in [4.69, 9.17) is 13.9 Å². The molecule has 2 heterocycles. The number of benzene rings is 2.